The number of benzene rings is 1. The van der Waals surface area contributed by atoms with E-state index >= 15 is 0 Å². The molecular weight excluding hydrogens is 325 g/mol. The van der Waals surface area contributed by atoms with Crippen molar-refractivity contribution in [3.8, 4) is 5.75 Å². The molecule has 0 saturated carbocycles. The van der Waals surface area contributed by atoms with Crippen LogP contribution in [0.5, 0.6) is 5.75 Å². The van der Waals surface area contributed by atoms with Gasteiger partial charge in [-0.3, -0.25) is 14.9 Å². The maximum atomic E-state index is 13.3. The van der Waals surface area contributed by atoms with Gasteiger partial charge in [0, 0.05) is 18.6 Å². The Morgan fingerprint density at radius 2 is 2.16 bits per heavy atom. The molecule has 0 fully saturated rings. The van der Waals surface area contributed by atoms with Gasteiger partial charge in [0.2, 0.25) is 0 Å². The molecule has 0 atom stereocenters. The zero-order chi connectivity index (χ0) is 14.4. The van der Waals surface area contributed by atoms with Crippen LogP contribution >= 0.6 is 15.9 Å². The van der Waals surface area contributed by atoms with Crippen molar-refractivity contribution in [1.29, 1.82) is 0 Å². The molecule has 1 N–H and O–H groups in total. The Labute approximate surface area is 116 Å². The molecule has 0 aliphatic heterocycles. The lowest BCUT2D eigenvalue weighted by molar-refractivity contribution is -0.386. The van der Waals surface area contributed by atoms with Crippen LogP contribution in [0, 0.1) is 15.9 Å². The van der Waals surface area contributed by atoms with E-state index in [1.165, 1.54) is 0 Å². The number of nitro groups is 1. The Bertz CT molecular complexity index is 494. The van der Waals surface area contributed by atoms with Gasteiger partial charge in [-0.1, -0.05) is 0 Å². The summed E-state index contributed by atoms with van der Waals surface area (Å²) >= 11 is 2.86. The van der Waals surface area contributed by atoms with E-state index in [0.717, 1.165) is 12.1 Å². The fraction of sp³-hybridized carbons (Fsp3) is 0.364. The number of unbranched alkanes of at least 4 members (excludes halogenated alkanes) is 1. The monoisotopic (exact) mass is 335 g/mol. The van der Waals surface area contributed by atoms with E-state index in [2.05, 4.69) is 15.9 Å². The minimum absolute atomic E-state index is 0.000151. The topological polar surface area (TPSA) is 89.7 Å². The summed E-state index contributed by atoms with van der Waals surface area (Å²) < 4.78 is 18.4. The summed E-state index contributed by atoms with van der Waals surface area (Å²) in [5, 5.41) is 19.2. The number of hydrogen-bond acceptors (Lipinski definition) is 4. The largest absolute Gasteiger partial charge is 0.487 e. The second-order valence-corrected chi connectivity index (χ2v) is 4.54. The first-order valence-electron chi connectivity index (χ1n) is 5.40. The molecule has 8 heteroatoms. The molecule has 19 heavy (non-hydrogen) atoms. The first-order chi connectivity index (χ1) is 8.91. The lowest BCUT2D eigenvalue weighted by Crippen LogP contribution is -2.03. The van der Waals surface area contributed by atoms with E-state index in [1.54, 1.807) is 0 Å². The highest BCUT2D eigenvalue weighted by molar-refractivity contribution is 9.10. The Balaban J connectivity index is 2.64. The molecule has 0 spiro atoms. The third-order valence-electron chi connectivity index (χ3n) is 2.24. The predicted octanol–water partition coefficient (Wildman–Crippen LogP) is 3.13. The molecule has 1 aromatic rings. The Morgan fingerprint density at radius 3 is 2.74 bits per heavy atom. The van der Waals surface area contributed by atoms with Crippen LogP contribution in [-0.4, -0.2) is 22.6 Å². The average Bonchev–Trinajstić information content (AvgIpc) is 2.32. The zero-order valence-corrected chi connectivity index (χ0v) is 11.4. The molecule has 6 nitrogen and oxygen atoms in total. The molecule has 1 rings (SSSR count). The van der Waals surface area contributed by atoms with Crippen LogP contribution in [0.4, 0.5) is 10.1 Å². The number of ether oxygens (including phenoxy) is 1. The molecule has 0 bridgehead atoms. The van der Waals surface area contributed by atoms with Gasteiger partial charge >= 0.3 is 11.7 Å². The van der Waals surface area contributed by atoms with Crippen molar-refractivity contribution < 1.29 is 24.0 Å². The predicted molar refractivity (Wildman–Crippen MR) is 67.7 cm³/mol. The number of rotatable bonds is 7. The third-order valence-corrected chi connectivity index (χ3v) is 2.85. The van der Waals surface area contributed by atoms with Gasteiger partial charge in [0.1, 0.15) is 5.82 Å². The highest BCUT2D eigenvalue weighted by Crippen LogP contribution is 2.32. The summed E-state index contributed by atoms with van der Waals surface area (Å²) in [6.45, 7) is 0.0925. The van der Waals surface area contributed by atoms with Gasteiger partial charge in [-0.25, -0.2) is 4.39 Å². The van der Waals surface area contributed by atoms with Gasteiger partial charge in [-0.05, 0) is 28.8 Å². The number of carbonyl (C=O) groups is 1. The van der Waals surface area contributed by atoms with Crippen LogP contribution in [0.1, 0.15) is 19.3 Å². The van der Waals surface area contributed by atoms with Gasteiger partial charge in [0.05, 0.1) is 16.0 Å². The summed E-state index contributed by atoms with van der Waals surface area (Å²) in [6, 6.07) is 1.96. The Hall–Kier alpha value is -1.70. The second kappa shape index (κ2) is 7.03. The normalized spacial score (nSPS) is 10.2. The standard InChI is InChI=1S/C11H11BrFNO5/c12-7-5-9(14(17)18)10(6-8(7)13)19-4-2-1-3-11(15)16/h5-6H,1-4H2,(H,15,16). The maximum absolute atomic E-state index is 13.3. The fourth-order valence-corrected chi connectivity index (χ4v) is 1.67. The molecule has 0 unspecified atom stereocenters. The summed E-state index contributed by atoms with van der Waals surface area (Å²) in [7, 11) is 0. The van der Waals surface area contributed by atoms with E-state index in [-0.39, 0.29) is 28.9 Å². The minimum atomic E-state index is -0.916. The van der Waals surface area contributed by atoms with Crippen LogP contribution in [0.15, 0.2) is 16.6 Å². The maximum Gasteiger partial charge on any atom is 0.312 e. The zero-order valence-electron chi connectivity index (χ0n) is 9.77. The fourth-order valence-electron chi connectivity index (χ4n) is 1.34. The first kappa shape index (κ1) is 15.4. The Morgan fingerprint density at radius 1 is 1.47 bits per heavy atom. The quantitative estimate of drug-likeness (QED) is 0.469. The van der Waals surface area contributed by atoms with Crippen molar-refractivity contribution in [2.75, 3.05) is 6.61 Å². The first-order valence-corrected chi connectivity index (χ1v) is 6.19. The summed E-state index contributed by atoms with van der Waals surface area (Å²) in [6.07, 6.45) is 0.809. The lowest BCUT2D eigenvalue weighted by Gasteiger charge is -2.07. The van der Waals surface area contributed by atoms with Gasteiger partial charge in [0.15, 0.2) is 5.75 Å². The highest BCUT2D eigenvalue weighted by Gasteiger charge is 2.18. The molecule has 104 valence electrons. The van der Waals surface area contributed by atoms with E-state index in [1.807, 2.05) is 0 Å². The number of carboxylic acid groups (broad SMARTS) is 1. The highest BCUT2D eigenvalue weighted by atomic mass is 79.9. The number of halogens is 2. The van der Waals surface area contributed by atoms with Gasteiger partial charge in [-0.2, -0.15) is 0 Å². The molecule has 1 aromatic carbocycles. The van der Waals surface area contributed by atoms with Crippen molar-refractivity contribution >= 4 is 27.6 Å². The van der Waals surface area contributed by atoms with Gasteiger partial charge in [-0.15, -0.1) is 0 Å². The molecule has 0 amide bonds. The van der Waals surface area contributed by atoms with Crippen molar-refractivity contribution in [2.24, 2.45) is 0 Å². The van der Waals surface area contributed by atoms with Crippen molar-refractivity contribution in [3.63, 3.8) is 0 Å². The Kier molecular flexibility index (Phi) is 5.68. The number of nitrogens with zero attached hydrogens (tertiary/aromatic N) is 1. The second-order valence-electron chi connectivity index (χ2n) is 3.69. The van der Waals surface area contributed by atoms with Crippen LogP contribution in [-0.2, 0) is 4.79 Å². The summed E-state index contributed by atoms with van der Waals surface area (Å²) in [4.78, 5) is 20.4. The van der Waals surface area contributed by atoms with E-state index in [9.17, 15) is 19.3 Å². The van der Waals surface area contributed by atoms with Crippen molar-refractivity contribution in [1.82, 2.24) is 0 Å². The minimum Gasteiger partial charge on any atom is -0.487 e. The average molecular weight is 336 g/mol. The molecular formula is C11H11BrFNO5. The smallest absolute Gasteiger partial charge is 0.312 e. The molecule has 0 aliphatic carbocycles. The van der Waals surface area contributed by atoms with Gasteiger partial charge < -0.3 is 9.84 Å². The SMILES string of the molecule is O=C(O)CCCCOc1cc(F)c(Br)cc1[N+](=O)[O-]. The number of hydrogen-bond donors (Lipinski definition) is 1. The van der Waals surface area contributed by atoms with Crippen LogP contribution in [0.2, 0.25) is 0 Å². The van der Waals surface area contributed by atoms with E-state index < -0.39 is 16.7 Å². The van der Waals surface area contributed by atoms with E-state index in [0.29, 0.717) is 12.8 Å². The summed E-state index contributed by atoms with van der Waals surface area (Å²) in [5.41, 5.74) is -0.341. The molecule has 0 radical (unpaired) electrons. The van der Waals surface area contributed by atoms with Crippen LogP contribution in [0.25, 0.3) is 0 Å². The van der Waals surface area contributed by atoms with Crippen LogP contribution < -0.4 is 4.74 Å². The molecule has 0 heterocycles. The lowest BCUT2D eigenvalue weighted by atomic mass is 10.2. The molecule has 0 aromatic heterocycles. The van der Waals surface area contributed by atoms with Gasteiger partial charge in [0.25, 0.3) is 0 Å². The number of aliphatic carboxylic acids is 1. The summed E-state index contributed by atoms with van der Waals surface area (Å²) in [5.74, 6) is -1.74. The molecule has 0 aliphatic rings. The molecule has 0 saturated heterocycles. The number of nitro benzene ring substituents is 1. The van der Waals surface area contributed by atoms with Crippen molar-refractivity contribution in [2.45, 2.75) is 19.3 Å². The number of carboxylic acids is 1. The van der Waals surface area contributed by atoms with E-state index in [4.69, 9.17) is 9.84 Å². The van der Waals surface area contributed by atoms with Crippen LogP contribution in [0.3, 0.4) is 0 Å². The third kappa shape index (κ3) is 4.82. The van der Waals surface area contributed by atoms with Crippen molar-refractivity contribution in [3.05, 3.63) is 32.5 Å².